The van der Waals surface area contributed by atoms with Crippen molar-refractivity contribution in [1.82, 2.24) is 9.55 Å². The Bertz CT molecular complexity index is 1460. The predicted octanol–water partition coefficient (Wildman–Crippen LogP) is 6.68. The molecule has 172 valence electrons. The summed E-state index contributed by atoms with van der Waals surface area (Å²) in [5.74, 6) is 3.13. The standard InChI is InChI=1S/C28H25ClN2O3/c1-32-26-13-10-19(16-27(26)33-2)14-15-31-24-17-21(29)11-12-23(24)30-28(31)18-34-25-9-5-7-20-6-3-4-8-22(20)25/h3-13,16-17H,14-15,18H2,1-2H3. The van der Waals surface area contributed by atoms with Gasteiger partial charge in [0.2, 0.25) is 0 Å². The van der Waals surface area contributed by atoms with Crippen molar-refractivity contribution < 1.29 is 14.2 Å². The Labute approximate surface area is 203 Å². The molecule has 0 saturated carbocycles. The molecule has 34 heavy (non-hydrogen) atoms. The number of hydrogen-bond donors (Lipinski definition) is 0. The van der Waals surface area contributed by atoms with E-state index in [4.69, 9.17) is 30.8 Å². The van der Waals surface area contributed by atoms with E-state index in [1.54, 1.807) is 14.2 Å². The van der Waals surface area contributed by atoms with Crippen molar-refractivity contribution in [3.8, 4) is 17.2 Å². The lowest BCUT2D eigenvalue weighted by Gasteiger charge is -2.13. The first-order chi connectivity index (χ1) is 16.7. The van der Waals surface area contributed by atoms with Crippen LogP contribution in [0.2, 0.25) is 5.02 Å². The molecule has 5 rings (SSSR count). The van der Waals surface area contributed by atoms with Gasteiger partial charge in [-0.05, 0) is 53.8 Å². The Hall–Kier alpha value is -3.70. The number of ether oxygens (including phenoxy) is 3. The average Bonchev–Trinajstić information content (AvgIpc) is 3.22. The lowest BCUT2D eigenvalue weighted by molar-refractivity contribution is 0.293. The summed E-state index contributed by atoms with van der Waals surface area (Å²) >= 11 is 6.33. The first kappa shape index (κ1) is 22.1. The highest BCUT2D eigenvalue weighted by atomic mass is 35.5. The van der Waals surface area contributed by atoms with Crippen molar-refractivity contribution in [2.75, 3.05) is 14.2 Å². The maximum Gasteiger partial charge on any atom is 0.160 e. The molecule has 0 spiro atoms. The summed E-state index contributed by atoms with van der Waals surface area (Å²) in [5.41, 5.74) is 3.03. The van der Waals surface area contributed by atoms with Crippen LogP contribution in [0.4, 0.5) is 0 Å². The highest BCUT2D eigenvalue weighted by molar-refractivity contribution is 6.31. The van der Waals surface area contributed by atoms with Gasteiger partial charge < -0.3 is 18.8 Å². The van der Waals surface area contributed by atoms with Gasteiger partial charge in [-0.15, -0.1) is 0 Å². The maximum atomic E-state index is 6.33. The van der Waals surface area contributed by atoms with E-state index in [-0.39, 0.29) is 0 Å². The zero-order chi connectivity index (χ0) is 23.5. The normalized spacial score (nSPS) is 11.1. The van der Waals surface area contributed by atoms with E-state index in [1.807, 2.05) is 54.6 Å². The smallest absolute Gasteiger partial charge is 0.160 e. The van der Waals surface area contributed by atoms with Crippen LogP contribution in [0, 0.1) is 0 Å². The summed E-state index contributed by atoms with van der Waals surface area (Å²) in [6.45, 7) is 1.08. The summed E-state index contributed by atoms with van der Waals surface area (Å²) in [7, 11) is 3.29. The number of nitrogens with zero attached hydrogens (tertiary/aromatic N) is 2. The van der Waals surface area contributed by atoms with Crippen LogP contribution < -0.4 is 14.2 Å². The fraction of sp³-hybridized carbons (Fsp3) is 0.179. The molecule has 1 aromatic heterocycles. The molecule has 0 unspecified atom stereocenters. The number of aryl methyl sites for hydroxylation is 2. The first-order valence-corrected chi connectivity index (χ1v) is 11.5. The third-order valence-corrected chi connectivity index (χ3v) is 6.20. The Morgan fingerprint density at radius 1 is 0.824 bits per heavy atom. The molecule has 0 radical (unpaired) electrons. The SMILES string of the molecule is COc1ccc(CCn2c(COc3cccc4ccccc34)nc3ccc(Cl)cc32)cc1OC. The number of methoxy groups -OCH3 is 2. The van der Waals surface area contributed by atoms with Crippen molar-refractivity contribution in [3.05, 3.63) is 95.3 Å². The molecule has 0 bridgehead atoms. The molecule has 5 nitrogen and oxygen atoms in total. The van der Waals surface area contributed by atoms with Gasteiger partial charge in [0.1, 0.15) is 18.2 Å². The van der Waals surface area contributed by atoms with Crippen LogP contribution in [0.25, 0.3) is 21.8 Å². The Kier molecular flexibility index (Phi) is 6.28. The second kappa shape index (κ2) is 9.65. The van der Waals surface area contributed by atoms with Gasteiger partial charge in [0.05, 0.1) is 25.3 Å². The average molecular weight is 473 g/mol. The minimum absolute atomic E-state index is 0.353. The lowest BCUT2D eigenvalue weighted by Crippen LogP contribution is -2.09. The van der Waals surface area contributed by atoms with Crippen LogP contribution >= 0.6 is 11.6 Å². The van der Waals surface area contributed by atoms with Gasteiger partial charge in [-0.3, -0.25) is 0 Å². The molecule has 4 aromatic carbocycles. The van der Waals surface area contributed by atoms with Gasteiger partial charge >= 0.3 is 0 Å². The molecule has 5 aromatic rings. The second-order valence-electron chi connectivity index (χ2n) is 8.02. The van der Waals surface area contributed by atoms with Crippen LogP contribution in [-0.4, -0.2) is 23.8 Å². The van der Waals surface area contributed by atoms with E-state index in [2.05, 4.69) is 28.8 Å². The number of aromatic nitrogens is 2. The molecule has 0 atom stereocenters. The molecule has 0 aliphatic carbocycles. The van der Waals surface area contributed by atoms with Gasteiger partial charge in [0.25, 0.3) is 0 Å². The molecule has 1 heterocycles. The first-order valence-electron chi connectivity index (χ1n) is 11.1. The van der Waals surface area contributed by atoms with Crippen LogP contribution in [-0.2, 0) is 19.6 Å². The van der Waals surface area contributed by atoms with E-state index in [0.717, 1.165) is 63.4 Å². The summed E-state index contributed by atoms with van der Waals surface area (Å²) in [5, 5.41) is 2.91. The number of hydrogen-bond acceptors (Lipinski definition) is 4. The van der Waals surface area contributed by atoms with E-state index in [9.17, 15) is 0 Å². The number of imidazole rings is 1. The van der Waals surface area contributed by atoms with Crippen LogP contribution in [0.5, 0.6) is 17.2 Å². The van der Waals surface area contributed by atoms with Crippen molar-refractivity contribution in [3.63, 3.8) is 0 Å². The zero-order valence-corrected chi connectivity index (χ0v) is 19.9. The predicted molar refractivity (Wildman–Crippen MR) is 136 cm³/mol. The number of benzene rings is 4. The fourth-order valence-corrected chi connectivity index (χ4v) is 4.41. The lowest BCUT2D eigenvalue weighted by atomic mass is 10.1. The monoisotopic (exact) mass is 472 g/mol. The Morgan fingerprint density at radius 3 is 2.50 bits per heavy atom. The number of rotatable bonds is 8. The Balaban J connectivity index is 1.44. The van der Waals surface area contributed by atoms with E-state index < -0.39 is 0 Å². The fourth-order valence-electron chi connectivity index (χ4n) is 4.25. The molecule has 0 aliphatic rings. The van der Waals surface area contributed by atoms with Gasteiger partial charge in [-0.2, -0.15) is 0 Å². The highest BCUT2D eigenvalue weighted by Gasteiger charge is 2.14. The van der Waals surface area contributed by atoms with Crippen LogP contribution in [0.1, 0.15) is 11.4 Å². The third kappa shape index (κ3) is 4.39. The van der Waals surface area contributed by atoms with Crippen molar-refractivity contribution in [2.45, 2.75) is 19.6 Å². The zero-order valence-electron chi connectivity index (χ0n) is 19.1. The van der Waals surface area contributed by atoms with Crippen molar-refractivity contribution in [1.29, 1.82) is 0 Å². The molecule has 0 N–H and O–H groups in total. The summed E-state index contributed by atoms with van der Waals surface area (Å²) in [4.78, 5) is 4.86. The van der Waals surface area contributed by atoms with E-state index in [0.29, 0.717) is 11.6 Å². The molecule has 0 amide bonds. The maximum absolute atomic E-state index is 6.33. The van der Waals surface area contributed by atoms with Crippen LogP contribution in [0.3, 0.4) is 0 Å². The Morgan fingerprint density at radius 2 is 1.65 bits per heavy atom. The quantitative estimate of drug-likeness (QED) is 0.252. The van der Waals surface area contributed by atoms with E-state index >= 15 is 0 Å². The minimum atomic E-state index is 0.353. The summed E-state index contributed by atoms with van der Waals surface area (Å²) in [6.07, 6.45) is 0.791. The summed E-state index contributed by atoms with van der Waals surface area (Å²) in [6, 6.07) is 26.1. The highest BCUT2D eigenvalue weighted by Crippen LogP contribution is 2.29. The number of fused-ring (bicyclic) bond motifs is 2. The number of halogens is 1. The summed E-state index contributed by atoms with van der Waals surface area (Å²) < 4.78 is 19.3. The van der Waals surface area contributed by atoms with Gasteiger partial charge in [0, 0.05) is 17.0 Å². The molecular weight excluding hydrogens is 448 g/mol. The van der Waals surface area contributed by atoms with Crippen molar-refractivity contribution >= 4 is 33.4 Å². The topological polar surface area (TPSA) is 45.5 Å². The molecule has 0 aliphatic heterocycles. The molecule has 0 fully saturated rings. The minimum Gasteiger partial charge on any atom is -0.493 e. The second-order valence-corrected chi connectivity index (χ2v) is 8.45. The van der Waals surface area contributed by atoms with Gasteiger partial charge in [0.15, 0.2) is 11.5 Å². The molecular formula is C28H25ClN2O3. The van der Waals surface area contributed by atoms with Gasteiger partial charge in [-0.1, -0.05) is 54.1 Å². The molecule has 6 heteroatoms. The van der Waals surface area contributed by atoms with Crippen molar-refractivity contribution in [2.24, 2.45) is 0 Å². The largest absolute Gasteiger partial charge is 0.493 e. The van der Waals surface area contributed by atoms with Crippen LogP contribution in [0.15, 0.2) is 78.9 Å². The third-order valence-electron chi connectivity index (χ3n) is 5.97. The van der Waals surface area contributed by atoms with Gasteiger partial charge in [-0.25, -0.2) is 4.98 Å². The van der Waals surface area contributed by atoms with E-state index in [1.165, 1.54) is 0 Å². The molecule has 0 saturated heterocycles.